The maximum absolute atomic E-state index is 4.73. The Kier molecular flexibility index (Phi) is 3.16. The van der Waals surface area contributed by atoms with Gasteiger partial charge in [-0.25, -0.2) is 10.6 Å². The van der Waals surface area contributed by atoms with Crippen molar-refractivity contribution in [2.24, 2.45) is 0 Å². The minimum absolute atomic E-state index is 0.216. The van der Waals surface area contributed by atoms with E-state index in [1.807, 2.05) is 0 Å². The lowest BCUT2D eigenvalue weighted by atomic mass is 9.65. The third-order valence-electron chi connectivity index (χ3n) is 11.4. The van der Waals surface area contributed by atoms with Crippen molar-refractivity contribution in [3.63, 3.8) is 0 Å². The van der Waals surface area contributed by atoms with Gasteiger partial charge < -0.3 is 0 Å². The summed E-state index contributed by atoms with van der Waals surface area (Å²) in [5, 5.41) is 8.32. The van der Waals surface area contributed by atoms with E-state index in [0.717, 1.165) is 38.8 Å². The molecule has 12 rings (SSSR count). The van der Waals surface area contributed by atoms with E-state index in [0.29, 0.717) is 0 Å². The number of aromatic nitrogens is 4. The van der Waals surface area contributed by atoms with E-state index in [-0.39, 0.29) is 5.92 Å². The first-order valence-electron chi connectivity index (χ1n) is 15.0. The maximum atomic E-state index is 4.73. The zero-order valence-electron chi connectivity index (χ0n) is 22.5. The lowest BCUT2D eigenvalue weighted by Gasteiger charge is -2.47. The molecule has 7 aliphatic rings. The second-order valence-corrected chi connectivity index (χ2v) is 12.9. The van der Waals surface area contributed by atoms with Crippen LogP contribution in [-0.4, -0.2) is 23.1 Å². The predicted molar refractivity (Wildman–Crippen MR) is 150 cm³/mol. The average molecular weight is 531 g/mol. The Bertz CT molecular complexity index is 2000. The quantitative estimate of drug-likeness (QED) is 0.296. The topological polar surface area (TPSA) is 57.6 Å². The van der Waals surface area contributed by atoms with Crippen LogP contribution >= 0.6 is 0 Å². The highest BCUT2D eigenvalue weighted by Crippen LogP contribution is 2.61. The summed E-state index contributed by atoms with van der Waals surface area (Å²) in [6, 6.07) is 12.0. The molecule has 41 heavy (non-hydrogen) atoms. The first-order valence-corrected chi connectivity index (χ1v) is 15.0. The largest absolute Gasteiger partial charge is 0.434 e. The molecule has 0 saturated carbocycles. The Morgan fingerprint density at radius 2 is 1.12 bits per heavy atom. The molecule has 0 saturated heterocycles. The number of rotatable bonds is 0. The third kappa shape index (κ3) is 1.92. The van der Waals surface area contributed by atoms with E-state index in [4.69, 9.17) is 9.97 Å². The Morgan fingerprint density at radius 3 is 1.66 bits per heavy atom. The Morgan fingerprint density at radius 1 is 0.610 bits per heavy atom. The summed E-state index contributed by atoms with van der Waals surface area (Å²) < 4.78 is 5.28. The Hall–Kier alpha value is -4.26. The fourth-order valence-electron chi connectivity index (χ4n) is 10.4. The molecule has 2 aromatic carbocycles. The Labute approximate surface area is 236 Å². The van der Waals surface area contributed by atoms with Crippen LogP contribution in [0.4, 0.5) is 0 Å². The van der Waals surface area contributed by atoms with Crippen molar-refractivity contribution in [3.05, 3.63) is 140 Å². The summed E-state index contributed by atoms with van der Waals surface area (Å²) in [6.45, 7) is 1.86. The second kappa shape index (κ2) is 6.30. The van der Waals surface area contributed by atoms with Crippen LogP contribution in [0.1, 0.15) is 78.5 Å². The van der Waals surface area contributed by atoms with Crippen LogP contribution in [0.2, 0.25) is 0 Å². The summed E-state index contributed by atoms with van der Waals surface area (Å²) in [5.41, 5.74) is 19.2. The fourth-order valence-corrected chi connectivity index (χ4v) is 10.4. The third-order valence-corrected chi connectivity index (χ3v) is 11.4. The predicted octanol–water partition coefficient (Wildman–Crippen LogP) is 2.44. The number of pyridine rings is 2. The second-order valence-electron chi connectivity index (χ2n) is 12.9. The monoisotopic (exact) mass is 530 g/mol. The zero-order valence-corrected chi connectivity index (χ0v) is 22.5. The lowest BCUT2D eigenvalue weighted by molar-refractivity contribution is -0.886. The highest BCUT2D eigenvalue weighted by atomic mass is 15.4. The standard InChI is InChI=1S/C35H26N6/c1-10-40-33-28-26-24(4-2-18-12-22-16-36-14-20-6-8-38-34(40,29(20)22)31(18)26)25-5-3-19-13-23-17-37-15-21-7-9-39-35(30(21)23,41(33)11-1)32(19)27(25)28/h1-5,10-11,14-17,28,38-39H,6-9,12-13H2/q+2. The molecule has 6 nitrogen and oxygen atoms in total. The number of fused-ring (bicyclic) bond motifs is 1. The van der Waals surface area contributed by atoms with Gasteiger partial charge in [-0.2, -0.15) is 0 Å². The van der Waals surface area contributed by atoms with Crippen LogP contribution < -0.4 is 19.8 Å². The number of hydrogen-bond donors (Lipinski definition) is 2. The summed E-state index contributed by atoms with van der Waals surface area (Å²) in [6.07, 6.45) is 17.1. The molecule has 0 fully saturated rings. The van der Waals surface area contributed by atoms with Gasteiger partial charge in [0.1, 0.15) is 0 Å². The van der Waals surface area contributed by atoms with Gasteiger partial charge in [0, 0.05) is 50.7 Å². The van der Waals surface area contributed by atoms with Crippen molar-refractivity contribution >= 4 is 0 Å². The molecule has 2 spiro atoms. The number of nitrogens with zero attached hydrogens (tertiary/aromatic N) is 4. The van der Waals surface area contributed by atoms with Crippen molar-refractivity contribution in [2.45, 2.75) is 42.9 Å². The van der Waals surface area contributed by atoms with Gasteiger partial charge in [-0.3, -0.25) is 9.97 Å². The zero-order chi connectivity index (χ0) is 26.2. The number of nitrogens with one attached hydrogen (secondary N) is 2. The molecular formula is C35H26N6+2. The van der Waals surface area contributed by atoms with E-state index in [9.17, 15) is 0 Å². The number of benzene rings is 2. The molecule has 2 atom stereocenters. The van der Waals surface area contributed by atoms with Crippen LogP contribution in [0, 0.1) is 0 Å². The van der Waals surface area contributed by atoms with Gasteiger partial charge in [0.05, 0.1) is 28.3 Å². The van der Waals surface area contributed by atoms with E-state index >= 15 is 0 Å². The molecule has 5 aromatic rings. The van der Waals surface area contributed by atoms with Crippen LogP contribution in [0.3, 0.4) is 0 Å². The molecule has 3 aliphatic carbocycles. The van der Waals surface area contributed by atoms with Crippen LogP contribution in [0.25, 0.3) is 11.1 Å². The van der Waals surface area contributed by atoms with Crippen molar-refractivity contribution in [1.82, 2.24) is 20.6 Å². The van der Waals surface area contributed by atoms with Crippen molar-refractivity contribution in [2.75, 3.05) is 13.1 Å². The molecule has 6 heteroatoms. The molecule has 7 heterocycles. The molecule has 4 aliphatic heterocycles. The molecule has 2 unspecified atom stereocenters. The van der Waals surface area contributed by atoms with Gasteiger partial charge in [0.25, 0.3) is 11.3 Å². The summed E-state index contributed by atoms with van der Waals surface area (Å²) >= 11 is 0. The average Bonchev–Trinajstić information content (AvgIpc) is 3.35. The van der Waals surface area contributed by atoms with Gasteiger partial charge in [0.15, 0.2) is 18.3 Å². The molecule has 194 valence electrons. The molecule has 0 radical (unpaired) electrons. The van der Waals surface area contributed by atoms with E-state index in [1.165, 1.54) is 83.7 Å². The van der Waals surface area contributed by atoms with Crippen molar-refractivity contribution in [1.29, 1.82) is 0 Å². The minimum atomic E-state index is -0.439. The van der Waals surface area contributed by atoms with Gasteiger partial charge in [-0.05, 0) is 68.5 Å². The van der Waals surface area contributed by atoms with Crippen LogP contribution in [0.5, 0.6) is 0 Å². The van der Waals surface area contributed by atoms with Crippen LogP contribution in [0.15, 0.2) is 67.5 Å². The summed E-state index contributed by atoms with van der Waals surface area (Å²) in [7, 11) is 0. The van der Waals surface area contributed by atoms with Crippen molar-refractivity contribution in [3.8, 4) is 11.1 Å². The van der Waals surface area contributed by atoms with Crippen molar-refractivity contribution < 1.29 is 9.13 Å². The van der Waals surface area contributed by atoms with Crippen LogP contribution in [-0.2, 0) is 37.0 Å². The van der Waals surface area contributed by atoms with Gasteiger partial charge in [0.2, 0.25) is 0 Å². The van der Waals surface area contributed by atoms with Gasteiger partial charge in [-0.15, -0.1) is 9.13 Å². The van der Waals surface area contributed by atoms with Gasteiger partial charge in [-0.1, -0.05) is 24.3 Å². The van der Waals surface area contributed by atoms with Gasteiger partial charge >= 0.3 is 5.82 Å². The summed E-state index contributed by atoms with van der Waals surface area (Å²) in [5.74, 6) is 1.59. The molecular weight excluding hydrogens is 504 g/mol. The highest BCUT2D eigenvalue weighted by molar-refractivity contribution is 5.86. The fraction of sp³-hybridized carbons (Fsp3) is 0.257. The SMILES string of the molecule is c1c[n+]2c3[n+](c1)C14NCCc5cncc(c51)Cc1ccc5c(c14)C3c1c-5ccc3c1C21NCCc2cncc(c21)C3. The summed E-state index contributed by atoms with van der Waals surface area (Å²) in [4.78, 5) is 9.45. The molecule has 3 aromatic heterocycles. The molecule has 0 amide bonds. The normalized spacial score (nSPS) is 26.7. The number of hydrogen-bond acceptors (Lipinski definition) is 4. The first-order chi connectivity index (χ1) is 20.3. The first kappa shape index (κ1) is 20.6. The van der Waals surface area contributed by atoms with E-state index < -0.39 is 11.3 Å². The maximum Gasteiger partial charge on any atom is 0.434 e. The van der Waals surface area contributed by atoms with E-state index in [1.54, 1.807) is 0 Å². The minimum Gasteiger partial charge on any atom is -0.264 e. The lowest BCUT2D eigenvalue weighted by Crippen LogP contribution is -2.81. The smallest absolute Gasteiger partial charge is 0.264 e. The molecule has 2 N–H and O–H groups in total. The Balaban J connectivity index is 1.34. The highest BCUT2D eigenvalue weighted by Gasteiger charge is 2.70. The molecule has 0 bridgehead atoms. The van der Waals surface area contributed by atoms with E-state index in [2.05, 4.69) is 87.3 Å².